The van der Waals surface area contributed by atoms with Crippen LogP contribution in [0.2, 0.25) is 0 Å². The van der Waals surface area contributed by atoms with E-state index in [0.29, 0.717) is 12.0 Å². The molecule has 0 aliphatic carbocycles. The van der Waals surface area contributed by atoms with E-state index in [0.717, 1.165) is 32.8 Å². The molecule has 2 aliphatic heterocycles. The Hall–Kier alpha value is -2.86. The zero-order valence-electron chi connectivity index (χ0n) is 15.7. The zero-order valence-corrected chi connectivity index (χ0v) is 17.3. The number of hydrogen-bond acceptors (Lipinski definition) is 4. The molecule has 0 saturated carbocycles. The molecule has 0 saturated heterocycles. The molecule has 0 N–H and O–H groups in total. The van der Waals surface area contributed by atoms with Crippen molar-refractivity contribution < 1.29 is 13.9 Å². The Morgan fingerprint density at radius 2 is 1.93 bits per heavy atom. The zero-order chi connectivity index (χ0) is 20.0. The Kier molecular flexibility index (Phi) is 4.51. The van der Waals surface area contributed by atoms with Gasteiger partial charge in [0.05, 0.1) is 24.4 Å². The lowest BCUT2D eigenvalue weighted by molar-refractivity contribution is -0.0212. The van der Waals surface area contributed by atoms with Gasteiger partial charge in [-0.2, -0.15) is 5.10 Å². The smallest absolute Gasteiger partial charge is 0.216 e. The number of hydrogen-bond donors (Lipinski definition) is 0. The van der Waals surface area contributed by atoms with Crippen LogP contribution in [0.3, 0.4) is 0 Å². The summed E-state index contributed by atoms with van der Waals surface area (Å²) in [6.07, 6.45) is 0.0725. The molecule has 146 valence electrons. The van der Waals surface area contributed by atoms with Gasteiger partial charge in [-0.1, -0.05) is 46.3 Å². The molecular formula is C23H18BrFN2O2. The second-order valence-corrected chi connectivity index (χ2v) is 7.97. The number of nitrogens with zero attached hydrogens (tertiary/aromatic N) is 2. The molecule has 2 atom stereocenters. The summed E-state index contributed by atoms with van der Waals surface area (Å²) in [6, 6.07) is 20.4. The highest BCUT2D eigenvalue weighted by Gasteiger charge is 2.41. The summed E-state index contributed by atoms with van der Waals surface area (Å²) in [5.41, 5.74) is 3.42. The fourth-order valence-corrected chi connectivity index (χ4v) is 4.29. The molecule has 3 aromatic rings. The quantitative estimate of drug-likeness (QED) is 0.500. The Morgan fingerprint density at radius 1 is 1.07 bits per heavy atom. The van der Waals surface area contributed by atoms with E-state index in [1.807, 2.05) is 47.5 Å². The fraction of sp³-hybridized carbons (Fsp3) is 0.174. The summed E-state index contributed by atoms with van der Waals surface area (Å²) in [6.45, 7) is 0. The highest BCUT2D eigenvalue weighted by molar-refractivity contribution is 9.10. The van der Waals surface area contributed by atoms with Gasteiger partial charge in [0, 0.05) is 22.0 Å². The summed E-state index contributed by atoms with van der Waals surface area (Å²) in [7, 11) is 1.65. The molecular weight excluding hydrogens is 435 g/mol. The number of hydrazone groups is 1. The van der Waals surface area contributed by atoms with Crippen molar-refractivity contribution in [2.45, 2.75) is 18.7 Å². The predicted octanol–water partition coefficient (Wildman–Crippen LogP) is 5.84. The molecule has 0 aromatic heterocycles. The third-order valence-corrected chi connectivity index (χ3v) is 5.82. The van der Waals surface area contributed by atoms with Gasteiger partial charge in [0.2, 0.25) is 6.23 Å². The molecule has 0 fully saturated rings. The van der Waals surface area contributed by atoms with Crippen LogP contribution in [-0.4, -0.2) is 17.8 Å². The Morgan fingerprint density at radius 3 is 2.76 bits per heavy atom. The van der Waals surface area contributed by atoms with Crippen LogP contribution in [0, 0.1) is 5.82 Å². The third kappa shape index (κ3) is 3.17. The van der Waals surface area contributed by atoms with Gasteiger partial charge in [-0.15, -0.1) is 0 Å². The lowest BCUT2D eigenvalue weighted by atomic mass is 9.96. The SMILES string of the molecule is COc1cccc(C2=NN3C(C2)c2cc(Br)ccc2OC3c2ccccc2F)c1. The highest BCUT2D eigenvalue weighted by Crippen LogP contribution is 2.48. The van der Waals surface area contributed by atoms with E-state index in [1.165, 1.54) is 6.07 Å². The van der Waals surface area contributed by atoms with Crippen LogP contribution >= 0.6 is 15.9 Å². The van der Waals surface area contributed by atoms with E-state index >= 15 is 0 Å². The van der Waals surface area contributed by atoms with Crippen LogP contribution in [0.5, 0.6) is 11.5 Å². The number of halogens is 2. The van der Waals surface area contributed by atoms with E-state index in [9.17, 15) is 4.39 Å². The maximum absolute atomic E-state index is 14.6. The molecule has 0 radical (unpaired) electrons. The summed E-state index contributed by atoms with van der Waals surface area (Å²) in [5, 5.41) is 6.75. The van der Waals surface area contributed by atoms with Gasteiger partial charge in [-0.25, -0.2) is 9.40 Å². The lowest BCUT2D eigenvalue weighted by Crippen LogP contribution is -2.34. The molecule has 5 rings (SSSR count). The summed E-state index contributed by atoms with van der Waals surface area (Å²) < 4.78 is 27.2. The Bertz CT molecular complexity index is 1120. The minimum Gasteiger partial charge on any atom is -0.497 e. The van der Waals surface area contributed by atoms with E-state index < -0.39 is 6.23 Å². The summed E-state index contributed by atoms with van der Waals surface area (Å²) in [5.74, 6) is 1.23. The minimum atomic E-state index is -0.627. The molecule has 4 nitrogen and oxygen atoms in total. The number of rotatable bonds is 3. The first kappa shape index (κ1) is 18.2. The van der Waals surface area contributed by atoms with Gasteiger partial charge in [0.15, 0.2) is 0 Å². The van der Waals surface area contributed by atoms with Crippen molar-refractivity contribution >= 4 is 21.6 Å². The number of benzene rings is 3. The van der Waals surface area contributed by atoms with Crippen LogP contribution in [0.1, 0.15) is 35.4 Å². The molecule has 0 spiro atoms. The summed E-state index contributed by atoms with van der Waals surface area (Å²) in [4.78, 5) is 0. The van der Waals surface area contributed by atoms with E-state index in [-0.39, 0.29) is 11.9 Å². The van der Waals surface area contributed by atoms with Gasteiger partial charge in [-0.05, 0) is 36.4 Å². The second kappa shape index (κ2) is 7.19. The van der Waals surface area contributed by atoms with Crippen molar-refractivity contribution in [2.24, 2.45) is 5.10 Å². The van der Waals surface area contributed by atoms with Crippen LogP contribution < -0.4 is 9.47 Å². The normalized spacial score (nSPS) is 19.8. The van der Waals surface area contributed by atoms with Gasteiger partial charge in [0.1, 0.15) is 17.3 Å². The largest absolute Gasteiger partial charge is 0.497 e. The Labute approximate surface area is 176 Å². The lowest BCUT2D eigenvalue weighted by Gasteiger charge is -2.38. The van der Waals surface area contributed by atoms with Crippen LogP contribution in [0.4, 0.5) is 4.39 Å². The van der Waals surface area contributed by atoms with E-state index in [4.69, 9.17) is 14.6 Å². The summed E-state index contributed by atoms with van der Waals surface area (Å²) >= 11 is 3.55. The second-order valence-electron chi connectivity index (χ2n) is 7.05. The van der Waals surface area contributed by atoms with Gasteiger partial charge < -0.3 is 9.47 Å². The highest BCUT2D eigenvalue weighted by atomic mass is 79.9. The topological polar surface area (TPSA) is 34.1 Å². The van der Waals surface area contributed by atoms with Crippen LogP contribution in [-0.2, 0) is 0 Å². The van der Waals surface area contributed by atoms with E-state index in [1.54, 1.807) is 19.2 Å². The van der Waals surface area contributed by atoms with Crippen molar-refractivity contribution in [1.82, 2.24) is 5.01 Å². The van der Waals surface area contributed by atoms with Gasteiger partial charge >= 0.3 is 0 Å². The number of ether oxygens (including phenoxy) is 2. The number of methoxy groups -OCH3 is 1. The molecule has 2 aliphatic rings. The molecule has 29 heavy (non-hydrogen) atoms. The molecule has 0 amide bonds. The van der Waals surface area contributed by atoms with E-state index in [2.05, 4.69) is 22.0 Å². The maximum Gasteiger partial charge on any atom is 0.216 e. The first-order chi connectivity index (χ1) is 14.1. The first-order valence-electron chi connectivity index (χ1n) is 9.35. The molecule has 2 unspecified atom stereocenters. The van der Waals surface area contributed by atoms with Gasteiger partial charge in [-0.3, -0.25) is 0 Å². The monoisotopic (exact) mass is 452 g/mol. The average Bonchev–Trinajstić information content (AvgIpc) is 3.20. The molecule has 2 heterocycles. The standard InChI is InChI=1S/C23H18BrFN2O2/c1-28-16-6-4-5-14(11-16)20-13-21-18-12-15(24)9-10-22(18)29-23(27(21)26-20)17-7-2-3-8-19(17)25/h2-12,21,23H,13H2,1H3. The maximum atomic E-state index is 14.6. The molecule has 6 heteroatoms. The minimum absolute atomic E-state index is 0.0398. The molecule has 3 aromatic carbocycles. The average molecular weight is 453 g/mol. The van der Waals surface area contributed by atoms with Crippen molar-refractivity contribution in [1.29, 1.82) is 0 Å². The third-order valence-electron chi connectivity index (χ3n) is 5.33. The first-order valence-corrected chi connectivity index (χ1v) is 10.1. The van der Waals surface area contributed by atoms with Crippen molar-refractivity contribution in [3.63, 3.8) is 0 Å². The van der Waals surface area contributed by atoms with Crippen molar-refractivity contribution in [2.75, 3.05) is 7.11 Å². The Balaban J connectivity index is 1.62. The van der Waals surface area contributed by atoms with Crippen molar-refractivity contribution in [3.8, 4) is 11.5 Å². The fourth-order valence-electron chi connectivity index (χ4n) is 3.92. The van der Waals surface area contributed by atoms with Crippen LogP contribution in [0.15, 0.2) is 76.3 Å². The number of fused-ring (bicyclic) bond motifs is 3. The molecule has 0 bridgehead atoms. The predicted molar refractivity (Wildman–Crippen MR) is 113 cm³/mol. The van der Waals surface area contributed by atoms with Crippen molar-refractivity contribution in [3.05, 3.63) is 93.7 Å². The van der Waals surface area contributed by atoms with Gasteiger partial charge in [0.25, 0.3) is 0 Å². The van der Waals surface area contributed by atoms with Crippen LogP contribution in [0.25, 0.3) is 0 Å².